The van der Waals surface area contributed by atoms with Crippen molar-refractivity contribution in [3.63, 3.8) is 0 Å². The maximum absolute atomic E-state index is 15.2. The third-order valence-electron chi connectivity index (χ3n) is 7.67. The van der Waals surface area contributed by atoms with Gasteiger partial charge in [-0.3, -0.25) is 0 Å². The smallest absolute Gasteiger partial charge is 0.237 e. The van der Waals surface area contributed by atoms with Crippen LogP contribution in [-0.2, 0) is 4.79 Å². The number of benzene rings is 1. The van der Waals surface area contributed by atoms with E-state index in [1.807, 2.05) is 6.92 Å². The van der Waals surface area contributed by atoms with Crippen molar-refractivity contribution in [3.8, 4) is 17.0 Å². The van der Waals surface area contributed by atoms with Crippen LogP contribution in [0.1, 0.15) is 24.8 Å². The molecule has 4 heterocycles. The van der Waals surface area contributed by atoms with Gasteiger partial charge in [0.05, 0.1) is 6.54 Å². The number of hydrogen-bond donors (Lipinski definition) is 4. The number of carbonyl (C=O) groups is 1. The van der Waals surface area contributed by atoms with Gasteiger partial charge in [-0.15, -0.1) is 0 Å². The molecule has 216 valence electrons. The molecule has 11 heteroatoms. The van der Waals surface area contributed by atoms with Gasteiger partial charge in [-0.05, 0) is 81.5 Å². The zero-order valence-corrected chi connectivity index (χ0v) is 23.5. The normalized spacial score (nSPS) is 16.3. The van der Waals surface area contributed by atoms with Crippen molar-refractivity contribution in [1.82, 2.24) is 25.5 Å². The van der Waals surface area contributed by atoms with Crippen LogP contribution in [0.2, 0.25) is 0 Å². The zero-order chi connectivity index (χ0) is 28.8. The molecule has 3 aromatic rings. The molecule has 41 heavy (non-hydrogen) atoms. The van der Waals surface area contributed by atoms with E-state index in [0.29, 0.717) is 53.8 Å². The number of hydrogen-bond acceptors (Lipinski definition) is 9. The van der Waals surface area contributed by atoms with Crippen LogP contribution in [0.15, 0.2) is 47.4 Å². The topological polar surface area (TPSA) is 130 Å². The number of halogens is 1. The first-order valence-corrected chi connectivity index (χ1v) is 14.0. The predicted molar refractivity (Wildman–Crippen MR) is 160 cm³/mol. The Labute approximate surface area is 239 Å². The van der Waals surface area contributed by atoms with Crippen molar-refractivity contribution < 1.29 is 13.9 Å². The van der Waals surface area contributed by atoms with Crippen molar-refractivity contribution in [1.29, 1.82) is 0 Å². The van der Waals surface area contributed by atoms with Gasteiger partial charge in [0.15, 0.2) is 5.82 Å². The van der Waals surface area contributed by atoms with Crippen LogP contribution in [0.3, 0.4) is 0 Å². The van der Waals surface area contributed by atoms with Crippen LogP contribution >= 0.6 is 0 Å². The lowest BCUT2D eigenvalue weighted by Crippen LogP contribution is -2.41. The van der Waals surface area contributed by atoms with E-state index < -0.39 is 0 Å². The summed E-state index contributed by atoms with van der Waals surface area (Å²) in [7, 11) is 2.13. The number of anilines is 1. The SMILES string of the molecule is Cc1c(-c2cc3cc(/N=C(N)\C=C(\CCN(C)C4CCNCC4)NCC=O)ncc3cc2F)cnc2c1NCCO2. The molecule has 0 amide bonds. The van der Waals surface area contributed by atoms with Crippen LogP contribution in [-0.4, -0.2) is 79.4 Å². The van der Waals surface area contributed by atoms with Crippen LogP contribution in [0.4, 0.5) is 15.9 Å². The number of nitrogens with zero attached hydrogens (tertiary/aromatic N) is 4. The largest absolute Gasteiger partial charge is 0.474 e. The van der Waals surface area contributed by atoms with Gasteiger partial charge in [-0.25, -0.2) is 19.4 Å². The lowest BCUT2D eigenvalue weighted by atomic mass is 9.98. The number of rotatable bonds is 10. The molecule has 1 aromatic carbocycles. The molecule has 10 nitrogen and oxygen atoms in total. The van der Waals surface area contributed by atoms with Gasteiger partial charge >= 0.3 is 0 Å². The van der Waals surface area contributed by atoms with Crippen molar-refractivity contribution >= 4 is 34.4 Å². The third-order valence-corrected chi connectivity index (χ3v) is 7.67. The predicted octanol–water partition coefficient (Wildman–Crippen LogP) is 3.28. The van der Waals surface area contributed by atoms with Crippen molar-refractivity contribution in [2.45, 2.75) is 32.2 Å². The fourth-order valence-electron chi connectivity index (χ4n) is 5.37. The molecule has 2 aliphatic rings. The molecule has 2 aliphatic heterocycles. The molecule has 2 aromatic heterocycles. The summed E-state index contributed by atoms with van der Waals surface area (Å²) in [6.07, 6.45) is 8.74. The Bertz CT molecular complexity index is 1470. The van der Waals surface area contributed by atoms with Gasteiger partial charge in [0.25, 0.3) is 0 Å². The highest BCUT2D eigenvalue weighted by Gasteiger charge is 2.20. The number of piperidine rings is 1. The summed E-state index contributed by atoms with van der Waals surface area (Å²) in [5.74, 6) is 0.835. The Balaban J connectivity index is 1.38. The standard InChI is InChI=1S/C30H37FN8O2/c1-19-25(18-37-30-29(19)35-9-12-41-30)24-13-20-15-28(36-17-21(20)14-26(24)31)38-27(32)16-22(34-8-11-40)5-10-39(2)23-3-6-33-7-4-23/h11,13-18,23,33-35H,3-10,12H2,1-2H3,(H2,32,36,38)/b22-16-. The number of fused-ring (bicyclic) bond motifs is 2. The fourth-order valence-corrected chi connectivity index (χ4v) is 5.37. The van der Waals surface area contributed by atoms with Crippen molar-refractivity contribution in [2.24, 2.45) is 10.7 Å². The van der Waals surface area contributed by atoms with Gasteiger partial charge in [0.1, 0.15) is 30.2 Å². The summed E-state index contributed by atoms with van der Waals surface area (Å²) in [6.45, 7) is 6.23. The van der Waals surface area contributed by atoms with Crippen molar-refractivity contribution in [3.05, 3.63) is 53.7 Å². The highest BCUT2D eigenvalue weighted by molar-refractivity contribution is 5.95. The average molecular weight is 561 g/mol. The molecular weight excluding hydrogens is 523 g/mol. The Morgan fingerprint density at radius 2 is 2.02 bits per heavy atom. The summed E-state index contributed by atoms with van der Waals surface area (Å²) in [5.41, 5.74) is 9.91. The molecule has 0 aliphatic carbocycles. The second-order valence-corrected chi connectivity index (χ2v) is 10.4. The average Bonchev–Trinajstić information content (AvgIpc) is 2.99. The highest BCUT2D eigenvalue weighted by Crippen LogP contribution is 2.37. The van der Waals surface area contributed by atoms with E-state index in [1.165, 1.54) is 6.07 Å². The number of ether oxygens (including phenoxy) is 1. The number of nitrogens with two attached hydrogens (primary N) is 1. The minimum atomic E-state index is -0.361. The van der Waals surface area contributed by atoms with E-state index in [0.717, 1.165) is 61.1 Å². The molecule has 0 bridgehead atoms. The molecule has 0 spiro atoms. The van der Waals surface area contributed by atoms with Crippen LogP contribution in [0, 0.1) is 12.7 Å². The number of carbonyl (C=O) groups excluding carboxylic acids is 1. The van der Waals surface area contributed by atoms with Gasteiger partial charge < -0.3 is 36.1 Å². The van der Waals surface area contributed by atoms with Crippen LogP contribution in [0.5, 0.6) is 5.88 Å². The van der Waals surface area contributed by atoms with E-state index in [4.69, 9.17) is 10.5 Å². The number of pyridine rings is 2. The lowest BCUT2D eigenvalue weighted by molar-refractivity contribution is -0.107. The number of aromatic nitrogens is 2. The number of nitrogens with one attached hydrogen (secondary N) is 3. The Hall–Kier alpha value is -4.09. The molecule has 1 saturated heterocycles. The van der Waals surface area contributed by atoms with Crippen LogP contribution in [0.25, 0.3) is 21.9 Å². The number of amidine groups is 1. The summed E-state index contributed by atoms with van der Waals surface area (Å²) in [6, 6.07) is 5.57. The van der Waals surface area contributed by atoms with Gasteiger partial charge in [0.2, 0.25) is 5.88 Å². The molecule has 5 N–H and O–H groups in total. The molecule has 1 fully saturated rings. The maximum Gasteiger partial charge on any atom is 0.237 e. The number of aldehydes is 1. The van der Waals surface area contributed by atoms with Crippen LogP contribution < -0.4 is 26.4 Å². The summed E-state index contributed by atoms with van der Waals surface area (Å²) in [4.78, 5) is 26.6. The van der Waals surface area contributed by atoms with Crippen molar-refractivity contribution in [2.75, 3.05) is 51.7 Å². The summed E-state index contributed by atoms with van der Waals surface area (Å²) < 4.78 is 20.8. The molecule has 5 rings (SSSR count). The second kappa shape index (κ2) is 13.0. The fraction of sp³-hybridized carbons (Fsp3) is 0.400. The summed E-state index contributed by atoms with van der Waals surface area (Å²) >= 11 is 0. The first-order valence-electron chi connectivity index (χ1n) is 14.0. The van der Waals surface area contributed by atoms with E-state index in [-0.39, 0.29) is 18.2 Å². The maximum atomic E-state index is 15.2. The first kappa shape index (κ1) is 28.4. The van der Waals surface area contributed by atoms with Gasteiger partial charge in [-0.1, -0.05) is 0 Å². The molecule has 0 saturated carbocycles. The van der Waals surface area contributed by atoms with E-state index >= 15 is 4.39 Å². The second-order valence-electron chi connectivity index (χ2n) is 10.4. The quantitative estimate of drug-likeness (QED) is 0.168. The van der Waals surface area contributed by atoms with E-state index in [9.17, 15) is 4.79 Å². The Kier molecular flexibility index (Phi) is 9.05. The Morgan fingerprint density at radius 3 is 2.83 bits per heavy atom. The van der Waals surface area contributed by atoms with E-state index in [2.05, 4.69) is 42.9 Å². The number of aliphatic imine (C=N–C) groups is 1. The Morgan fingerprint density at radius 1 is 1.20 bits per heavy atom. The van der Waals surface area contributed by atoms with E-state index in [1.54, 1.807) is 30.6 Å². The molecule has 0 radical (unpaired) electrons. The highest BCUT2D eigenvalue weighted by atomic mass is 19.1. The molecule has 0 atom stereocenters. The molecule has 0 unspecified atom stereocenters. The monoisotopic (exact) mass is 560 g/mol. The molecular formula is C30H37FN8O2. The minimum absolute atomic E-state index is 0.192. The third kappa shape index (κ3) is 6.80. The lowest BCUT2D eigenvalue weighted by Gasteiger charge is -2.31. The summed E-state index contributed by atoms with van der Waals surface area (Å²) in [5, 5.41) is 11.3. The van der Waals surface area contributed by atoms with Gasteiger partial charge in [0, 0.05) is 53.7 Å². The first-order chi connectivity index (χ1) is 19.9. The van der Waals surface area contributed by atoms with Gasteiger partial charge in [-0.2, -0.15) is 0 Å². The minimum Gasteiger partial charge on any atom is -0.474 e. The zero-order valence-electron chi connectivity index (χ0n) is 23.5.